The molecule has 1 aromatic heterocycles. The van der Waals surface area contributed by atoms with Gasteiger partial charge in [0.1, 0.15) is 35.2 Å². The van der Waals surface area contributed by atoms with Crippen molar-refractivity contribution in [1.29, 1.82) is 0 Å². The molecule has 0 saturated heterocycles. The first-order chi connectivity index (χ1) is 14.0. The monoisotopic (exact) mass is 546 g/mol. The SMILES string of the molecule is CN.Cc1ccccc1Oc1ccc2oc(C)c(C(=O)N(C)C(C=O)CO)c2c1.[CH3-].[Cs+]. The Morgan fingerprint density at radius 2 is 1.87 bits per heavy atom. The van der Waals surface area contributed by atoms with E-state index in [1.54, 1.807) is 25.1 Å². The van der Waals surface area contributed by atoms with E-state index in [-0.39, 0.29) is 76.3 Å². The molecule has 0 aliphatic rings. The molecule has 3 rings (SSSR count). The Hall–Kier alpha value is -1.11. The molecular formula is C23H29CsN2O5. The fourth-order valence-corrected chi connectivity index (χ4v) is 2.91. The van der Waals surface area contributed by atoms with Gasteiger partial charge in [-0.05, 0) is 50.7 Å². The standard InChI is InChI=1S/C21H21NO5.CH5N.CH3.Cs/c1-13-6-4-5-7-18(13)27-16-8-9-19-17(10-16)20(14(2)26-19)21(25)22(3)15(11-23)12-24;1-2;;/h4-11,15,24H,12H2,1-3H3;2H2,1H3;1H3;/q;;-1;+1. The maximum atomic E-state index is 12.9. The minimum Gasteiger partial charge on any atom is -0.461 e. The summed E-state index contributed by atoms with van der Waals surface area (Å²) in [4.78, 5) is 25.2. The molecule has 2 aromatic carbocycles. The fraction of sp³-hybridized carbons (Fsp3) is 0.261. The number of para-hydroxylation sites is 1. The number of likely N-dealkylation sites (N-methyl/N-ethyl adjacent to an activating group) is 1. The molecule has 3 aromatic rings. The second-order valence-electron chi connectivity index (χ2n) is 6.36. The largest absolute Gasteiger partial charge is 1.00 e. The van der Waals surface area contributed by atoms with Crippen molar-refractivity contribution in [3.05, 3.63) is 66.8 Å². The van der Waals surface area contributed by atoms with Crippen molar-refractivity contribution in [3.8, 4) is 11.5 Å². The summed E-state index contributed by atoms with van der Waals surface area (Å²) < 4.78 is 11.6. The predicted molar refractivity (Wildman–Crippen MR) is 118 cm³/mol. The van der Waals surface area contributed by atoms with Crippen LogP contribution in [-0.2, 0) is 4.79 Å². The van der Waals surface area contributed by atoms with Gasteiger partial charge in [-0.15, -0.1) is 0 Å². The van der Waals surface area contributed by atoms with Gasteiger partial charge >= 0.3 is 68.9 Å². The predicted octanol–water partition coefficient (Wildman–Crippen LogP) is 0.503. The molecule has 31 heavy (non-hydrogen) atoms. The third-order valence-electron chi connectivity index (χ3n) is 4.53. The molecule has 0 saturated carbocycles. The van der Waals surface area contributed by atoms with Gasteiger partial charge in [0.05, 0.1) is 12.2 Å². The van der Waals surface area contributed by atoms with Crippen molar-refractivity contribution in [2.24, 2.45) is 5.73 Å². The van der Waals surface area contributed by atoms with E-state index in [0.29, 0.717) is 34.3 Å². The number of hydrogen-bond donors (Lipinski definition) is 2. The fourth-order valence-electron chi connectivity index (χ4n) is 2.91. The van der Waals surface area contributed by atoms with Gasteiger partial charge in [0, 0.05) is 12.4 Å². The number of ether oxygens (including phenoxy) is 1. The average molecular weight is 546 g/mol. The summed E-state index contributed by atoms with van der Waals surface area (Å²) in [5, 5.41) is 9.89. The van der Waals surface area contributed by atoms with Crippen LogP contribution in [0.5, 0.6) is 11.5 Å². The Labute approximate surface area is 242 Å². The number of carbonyl (C=O) groups excluding carboxylic acids is 2. The number of hydrogen-bond acceptors (Lipinski definition) is 6. The molecule has 1 unspecified atom stereocenters. The number of aryl methyl sites for hydroxylation is 2. The Balaban J connectivity index is 0.00000219. The van der Waals surface area contributed by atoms with E-state index >= 15 is 0 Å². The second kappa shape index (κ2) is 14.1. The maximum Gasteiger partial charge on any atom is 1.00 e. The number of aliphatic hydroxyl groups excluding tert-OH is 1. The zero-order valence-corrected chi connectivity index (χ0v) is 25.3. The molecule has 0 aliphatic carbocycles. The van der Waals surface area contributed by atoms with E-state index < -0.39 is 18.6 Å². The minimum absolute atomic E-state index is 0. The molecule has 1 heterocycles. The van der Waals surface area contributed by atoms with Gasteiger partial charge < -0.3 is 37.1 Å². The van der Waals surface area contributed by atoms with Crippen molar-refractivity contribution in [3.63, 3.8) is 0 Å². The van der Waals surface area contributed by atoms with Crippen LogP contribution in [0.15, 0.2) is 46.9 Å². The molecule has 0 spiro atoms. The second-order valence-corrected chi connectivity index (χ2v) is 6.36. The zero-order valence-electron chi connectivity index (χ0n) is 19.0. The molecule has 0 aliphatic heterocycles. The van der Waals surface area contributed by atoms with Crippen LogP contribution >= 0.6 is 0 Å². The molecule has 1 atom stereocenters. The van der Waals surface area contributed by atoms with Crippen LogP contribution in [0, 0.1) is 21.3 Å². The van der Waals surface area contributed by atoms with E-state index in [1.165, 1.54) is 19.0 Å². The summed E-state index contributed by atoms with van der Waals surface area (Å²) in [5.41, 5.74) is 6.39. The quantitative estimate of drug-likeness (QED) is 0.345. The van der Waals surface area contributed by atoms with Gasteiger partial charge in [-0.3, -0.25) is 4.79 Å². The molecule has 0 radical (unpaired) electrons. The number of carbonyl (C=O) groups is 2. The molecule has 3 N–H and O–H groups in total. The zero-order chi connectivity index (χ0) is 21.6. The summed E-state index contributed by atoms with van der Waals surface area (Å²) in [6.45, 7) is 3.20. The first kappa shape index (κ1) is 29.9. The maximum absolute atomic E-state index is 12.9. The van der Waals surface area contributed by atoms with Crippen molar-refractivity contribution < 1.29 is 92.7 Å². The number of fused-ring (bicyclic) bond motifs is 1. The first-order valence-corrected chi connectivity index (χ1v) is 9.14. The van der Waals surface area contributed by atoms with E-state index in [1.807, 2.05) is 31.2 Å². The van der Waals surface area contributed by atoms with Gasteiger partial charge in [-0.25, -0.2) is 0 Å². The Bertz CT molecular complexity index is 1000. The Kier molecular flexibility index (Phi) is 13.6. The molecule has 0 bridgehead atoms. The van der Waals surface area contributed by atoms with Gasteiger partial charge in [0.2, 0.25) is 0 Å². The molecule has 0 fully saturated rings. The number of amides is 1. The van der Waals surface area contributed by atoms with Crippen molar-refractivity contribution in [2.75, 3.05) is 20.7 Å². The van der Waals surface area contributed by atoms with Crippen LogP contribution < -0.4 is 79.4 Å². The number of aliphatic hydroxyl groups is 1. The van der Waals surface area contributed by atoms with Crippen LogP contribution in [0.2, 0.25) is 0 Å². The van der Waals surface area contributed by atoms with Crippen molar-refractivity contribution in [1.82, 2.24) is 4.90 Å². The summed E-state index contributed by atoms with van der Waals surface area (Å²) in [6, 6.07) is 12.0. The molecule has 8 heteroatoms. The number of benzene rings is 2. The van der Waals surface area contributed by atoms with Crippen molar-refractivity contribution in [2.45, 2.75) is 19.9 Å². The van der Waals surface area contributed by atoms with Gasteiger partial charge in [-0.2, -0.15) is 0 Å². The number of rotatable bonds is 6. The number of furan rings is 1. The van der Waals surface area contributed by atoms with Gasteiger partial charge in [0.25, 0.3) is 5.91 Å². The summed E-state index contributed by atoms with van der Waals surface area (Å²) in [5.74, 6) is 1.34. The van der Waals surface area contributed by atoms with Crippen LogP contribution in [0.25, 0.3) is 11.0 Å². The third-order valence-corrected chi connectivity index (χ3v) is 4.53. The Morgan fingerprint density at radius 3 is 2.45 bits per heavy atom. The first-order valence-electron chi connectivity index (χ1n) is 9.14. The number of nitrogens with two attached hydrogens (primary N) is 1. The third kappa shape index (κ3) is 6.93. The van der Waals surface area contributed by atoms with E-state index in [4.69, 9.17) is 9.15 Å². The van der Waals surface area contributed by atoms with Gasteiger partial charge in [-0.1, -0.05) is 18.2 Å². The molecule has 7 nitrogen and oxygen atoms in total. The van der Waals surface area contributed by atoms with Crippen molar-refractivity contribution >= 4 is 23.2 Å². The van der Waals surface area contributed by atoms with Crippen LogP contribution in [0.3, 0.4) is 0 Å². The average Bonchev–Trinajstić information content (AvgIpc) is 3.06. The smallest absolute Gasteiger partial charge is 0.461 e. The van der Waals surface area contributed by atoms with Crippen LogP contribution in [-0.4, -0.2) is 48.9 Å². The molecule has 162 valence electrons. The summed E-state index contributed by atoms with van der Waals surface area (Å²) >= 11 is 0. The minimum atomic E-state index is -0.909. The Morgan fingerprint density at radius 1 is 1.23 bits per heavy atom. The van der Waals surface area contributed by atoms with E-state index in [2.05, 4.69) is 5.73 Å². The topological polar surface area (TPSA) is 106 Å². The number of nitrogens with zero attached hydrogens (tertiary/aromatic N) is 1. The van der Waals surface area contributed by atoms with E-state index in [0.717, 1.165) is 11.3 Å². The van der Waals surface area contributed by atoms with Gasteiger partial charge in [0.15, 0.2) is 0 Å². The molecular weight excluding hydrogens is 517 g/mol. The van der Waals surface area contributed by atoms with Crippen LogP contribution in [0.1, 0.15) is 21.7 Å². The summed E-state index contributed by atoms with van der Waals surface area (Å²) in [6.07, 6.45) is 0.544. The number of aldehydes is 1. The normalized spacial score (nSPS) is 10.6. The molecule has 1 amide bonds. The van der Waals surface area contributed by atoms with Crippen LogP contribution in [0.4, 0.5) is 0 Å². The van der Waals surface area contributed by atoms with E-state index in [9.17, 15) is 14.7 Å². The summed E-state index contributed by atoms with van der Waals surface area (Å²) in [7, 11) is 2.98.